The number of rotatable bonds is 7. The van der Waals surface area contributed by atoms with Crippen molar-refractivity contribution in [1.82, 2.24) is 4.31 Å². The quantitative estimate of drug-likeness (QED) is 0.395. The van der Waals surface area contributed by atoms with E-state index in [1.165, 1.54) is 52.5 Å². The molecule has 0 saturated heterocycles. The SMILES string of the molecule is C[C@H](CS)C(=O)O[C@@H](CN(C)S(C)(=O)=O)C(=O)O.NC12CC3CC(CC(C3)C1)C2. The molecule has 4 rings (SSSR count). The van der Waals surface area contributed by atoms with E-state index >= 15 is 0 Å². The Morgan fingerprint density at radius 1 is 1.21 bits per heavy atom. The number of aliphatic carboxylic acids is 1. The Bertz CT molecular complexity index is 676. The number of likely N-dealkylation sites (N-methyl/N-ethyl adjacent to an activating group) is 1. The highest BCUT2D eigenvalue weighted by Gasteiger charge is 2.48. The highest BCUT2D eigenvalue weighted by Crippen LogP contribution is 2.54. The Labute approximate surface area is 179 Å². The van der Waals surface area contributed by atoms with Gasteiger partial charge in [0.1, 0.15) is 0 Å². The van der Waals surface area contributed by atoms with E-state index in [1.54, 1.807) is 0 Å². The van der Waals surface area contributed by atoms with E-state index in [1.807, 2.05) is 0 Å². The number of hydrogen-bond donors (Lipinski definition) is 3. The number of ether oxygens (including phenoxy) is 1. The van der Waals surface area contributed by atoms with Gasteiger partial charge in [0.25, 0.3) is 0 Å². The average molecular weight is 451 g/mol. The van der Waals surface area contributed by atoms with Crippen molar-refractivity contribution < 1.29 is 27.9 Å². The molecule has 0 aromatic carbocycles. The summed E-state index contributed by atoms with van der Waals surface area (Å²) in [4.78, 5) is 22.3. The molecule has 0 unspecified atom stereocenters. The molecule has 4 aliphatic rings. The number of esters is 1. The lowest BCUT2D eigenvalue weighted by Crippen LogP contribution is -2.55. The molecule has 4 saturated carbocycles. The molecule has 0 aliphatic heterocycles. The molecule has 4 fully saturated rings. The monoisotopic (exact) mass is 450 g/mol. The summed E-state index contributed by atoms with van der Waals surface area (Å²) in [5, 5.41) is 8.87. The first-order chi connectivity index (χ1) is 13.3. The minimum atomic E-state index is -3.53. The fraction of sp³-hybridized carbons (Fsp3) is 0.895. The van der Waals surface area contributed by atoms with E-state index < -0.39 is 40.5 Å². The fourth-order valence-electron chi connectivity index (χ4n) is 5.04. The van der Waals surface area contributed by atoms with Gasteiger partial charge in [0.15, 0.2) is 0 Å². The van der Waals surface area contributed by atoms with Gasteiger partial charge in [-0.25, -0.2) is 17.5 Å². The molecule has 0 heterocycles. The van der Waals surface area contributed by atoms with Crippen molar-refractivity contribution in [3.05, 3.63) is 0 Å². The summed E-state index contributed by atoms with van der Waals surface area (Å²) in [7, 11) is -2.32. The molecule has 0 aromatic heterocycles. The van der Waals surface area contributed by atoms with Crippen LogP contribution in [0.15, 0.2) is 0 Å². The van der Waals surface area contributed by atoms with Crippen LogP contribution in [0.3, 0.4) is 0 Å². The van der Waals surface area contributed by atoms with Gasteiger partial charge in [-0.1, -0.05) is 6.92 Å². The van der Waals surface area contributed by atoms with Gasteiger partial charge >= 0.3 is 11.9 Å². The Morgan fingerprint density at radius 3 is 1.97 bits per heavy atom. The van der Waals surface area contributed by atoms with Crippen molar-refractivity contribution in [2.24, 2.45) is 29.4 Å². The molecule has 8 nitrogen and oxygen atoms in total. The van der Waals surface area contributed by atoms with Gasteiger partial charge in [-0.05, 0) is 56.3 Å². The summed E-state index contributed by atoms with van der Waals surface area (Å²) < 4.78 is 27.8. The van der Waals surface area contributed by atoms with Gasteiger partial charge in [-0.15, -0.1) is 0 Å². The van der Waals surface area contributed by atoms with Crippen LogP contribution in [0.1, 0.15) is 45.4 Å². The minimum absolute atomic E-state index is 0.215. The molecule has 3 N–H and O–H groups in total. The van der Waals surface area contributed by atoms with Crippen molar-refractivity contribution >= 4 is 34.6 Å². The summed E-state index contributed by atoms with van der Waals surface area (Å²) in [5.74, 6) is 0.597. The van der Waals surface area contributed by atoms with Crippen LogP contribution >= 0.6 is 12.6 Å². The van der Waals surface area contributed by atoms with Crippen molar-refractivity contribution in [2.45, 2.75) is 57.1 Å². The van der Waals surface area contributed by atoms with Crippen LogP contribution in [0.25, 0.3) is 0 Å². The van der Waals surface area contributed by atoms with Gasteiger partial charge in [0.05, 0.1) is 18.7 Å². The second-order valence-corrected chi connectivity index (χ2v) is 11.6. The lowest BCUT2D eigenvalue weighted by Gasteiger charge is -2.55. The topological polar surface area (TPSA) is 127 Å². The first-order valence-corrected chi connectivity index (χ1v) is 12.6. The third-order valence-corrected chi connectivity index (χ3v) is 8.11. The predicted octanol–water partition coefficient (Wildman–Crippen LogP) is 1.35. The van der Waals surface area contributed by atoms with Gasteiger partial charge in [-0.3, -0.25) is 4.79 Å². The van der Waals surface area contributed by atoms with E-state index in [2.05, 4.69) is 12.6 Å². The highest BCUT2D eigenvalue weighted by atomic mass is 32.2. The standard InChI is InChI=1S/C10H17N.C9H17NO6S2/c11-10-4-7-1-8(5-10)3-9(2-7)6-10;1-6(5-17)9(13)16-7(8(11)12)4-10(2)18(3,14)15/h7-9H,1-6,11H2;6-7,17H,4-5H2,1-3H3,(H,11,12)/t;6-,7+/m.1/s1. The number of thiol groups is 1. The Balaban J connectivity index is 0.000000227. The van der Waals surface area contributed by atoms with Crippen molar-refractivity contribution in [3.63, 3.8) is 0 Å². The number of carbonyl (C=O) groups is 2. The summed E-state index contributed by atoms with van der Waals surface area (Å²) >= 11 is 3.89. The molecule has 4 aliphatic carbocycles. The second kappa shape index (κ2) is 9.53. The third kappa shape index (κ3) is 6.83. The maximum absolute atomic E-state index is 11.4. The Kier molecular flexibility index (Phi) is 8.03. The van der Waals surface area contributed by atoms with E-state index in [-0.39, 0.29) is 5.75 Å². The molecule has 2 atom stereocenters. The molecule has 10 heteroatoms. The lowest BCUT2D eigenvalue weighted by atomic mass is 9.53. The maximum Gasteiger partial charge on any atom is 0.346 e. The second-order valence-electron chi connectivity index (χ2n) is 9.17. The maximum atomic E-state index is 11.4. The summed E-state index contributed by atoms with van der Waals surface area (Å²) in [6.45, 7) is 1.10. The van der Waals surface area contributed by atoms with Crippen molar-refractivity contribution in [1.29, 1.82) is 0 Å². The molecule has 0 amide bonds. The normalized spacial score (nSPS) is 32.3. The molecule has 4 bridgehead atoms. The number of nitrogens with two attached hydrogens (primary N) is 1. The number of hydrogen-bond acceptors (Lipinski definition) is 7. The van der Waals surface area contributed by atoms with Crippen LogP contribution in [0.4, 0.5) is 0 Å². The van der Waals surface area contributed by atoms with E-state index in [0.717, 1.165) is 28.3 Å². The van der Waals surface area contributed by atoms with Crippen LogP contribution in [0.5, 0.6) is 0 Å². The molecule has 0 spiro atoms. The van der Waals surface area contributed by atoms with E-state index in [9.17, 15) is 18.0 Å². The summed E-state index contributed by atoms with van der Waals surface area (Å²) in [6, 6.07) is 0. The van der Waals surface area contributed by atoms with Crippen LogP contribution in [-0.2, 0) is 24.3 Å². The van der Waals surface area contributed by atoms with E-state index in [4.69, 9.17) is 15.6 Å². The first kappa shape index (κ1) is 24.4. The van der Waals surface area contributed by atoms with Crippen LogP contribution in [0.2, 0.25) is 0 Å². The first-order valence-electron chi connectivity index (χ1n) is 10.1. The van der Waals surface area contributed by atoms with Crippen LogP contribution in [0, 0.1) is 23.7 Å². The fourth-order valence-corrected chi connectivity index (χ4v) is 5.60. The molecule has 29 heavy (non-hydrogen) atoms. The molecule has 168 valence electrons. The lowest BCUT2D eigenvalue weighted by molar-refractivity contribution is -0.166. The zero-order chi connectivity index (χ0) is 22.0. The van der Waals surface area contributed by atoms with Gasteiger partial charge in [-0.2, -0.15) is 12.6 Å². The van der Waals surface area contributed by atoms with Gasteiger partial charge < -0.3 is 15.6 Å². The number of nitrogens with zero attached hydrogens (tertiary/aromatic N) is 1. The smallest absolute Gasteiger partial charge is 0.346 e. The summed E-state index contributed by atoms with van der Waals surface area (Å²) in [5.41, 5.74) is 6.62. The zero-order valence-electron chi connectivity index (χ0n) is 17.4. The number of sulfonamides is 1. The number of carboxylic acid groups (broad SMARTS) is 1. The largest absolute Gasteiger partial charge is 0.478 e. The molecule has 0 aromatic rings. The Morgan fingerprint density at radius 2 is 1.66 bits per heavy atom. The minimum Gasteiger partial charge on any atom is -0.478 e. The van der Waals surface area contributed by atoms with Crippen LogP contribution in [-0.4, -0.2) is 67.0 Å². The van der Waals surface area contributed by atoms with E-state index in [0.29, 0.717) is 5.54 Å². The molecular weight excluding hydrogens is 416 g/mol. The number of carbonyl (C=O) groups excluding carboxylic acids is 1. The third-order valence-electron chi connectivity index (χ3n) is 6.28. The van der Waals surface area contributed by atoms with Gasteiger partial charge in [0, 0.05) is 18.3 Å². The van der Waals surface area contributed by atoms with Crippen molar-refractivity contribution in [2.75, 3.05) is 25.6 Å². The average Bonchev–Trinajstić information content (AvgIpc) is 2.57. The highest BCUT2D eigenvalue weighted by molar-refractivity contribution is 7.88. The molecular formula is C19H34N2O6S2. The number of carboxylic acids is 1. The Hall–Kier alpha value is -0.840. The predicted molar refractivity (Wildman–Crippen MR) is 113 cm³/mol. The zero-order valence-corrected chi connectivity index (χ0v) is 19.1. The van der Waals surface area contributed by atoms with Crippen LogP contribution < -0.4 is 5.73 Å². The molecule has 0 radical (unpaired) electrons. The van der Waals surface area contributed by atoms with Crippen molar-refractivity contribution in [3.8, 4) is 0 Å². The summed E-state index contributed by atoms with van der Waals surface area (Å²) in [6.07, 6.45) is 7.98. The van der Waals surface area contributed by atoms with Gasteiger partial charge in [0.2, 0.25) is 16.1 Å².